The van der Waals surface area contributed by atoms with Gasteiger partial charge in [-0.3, -0.25) is 9.59 Å². The number of carbonyl (C=O) groups is 2. The Labute approximate surface area is 142 Å². The molecule has 0 unspecified atom stereocenters. The summed E-state index contributed by atoms with van der Waals surface area (Å²) in [5.74, 6) is 1.13. The van der Waals surface area contributed by atoms with Crippen molar-refractivity contribution in [3.8, 4) is 11.5 Å². The molecule has 0 spiro atoms. The summed E-state index contributed by atoms with van der Waals surface area (Å²) >= 11 is 0. The van der Waals surface area contributed by atoms with Gasteiger partial charge in [-0.25, -0.2) is 0 Å². The number of ether oxygens (including phenoxy) is 2. The van der Waals surface area contributed by atoms with E-state index in [0.717, 1.165) is 25.7 Å². The van der Waals surface area contributed by atoms with Crippen LogP contribution in [0.1, 0.15) is 42.5 Å². The van der Waals surface area contributed by atoms with Crippen LogP contribution in [0.5, 0.6) is 11.5 Å². The van der Waals surface area contributed by atoms with Gasteiger partial charge in [0.05, 0.1) is 14.2 Å². The summed E-state index contributed by atoms with van der Waals surface area (Å²) in [4.78, 5) is 24.2. The van der Waals surface area contributed by atoms with Crippen molar-refractivity contribution in [3.63, 3.8) is 0 Å². The average Bonchev–Trinajstić information content (AvgIpc) is 2.64. The zero-order chi connectivity index (χ0) is 17.4. The monoisotopic (exact) mass is 334 g/mol. The van der Waals surface area contributed by atoms with Crippen molar-refractivity contribution in [1.29, 1.82) is 0 Å². The van der Waals surface area contributed by atoms with Crippen molar-refractivity contribution < 1.29 is 19.1 Å². The van der Waals surface area contributed by atoms with Crippen LogP contribution in [0.3, 0.4) is 0 Å². The quantitative estimate of drug-likeness (QED) is 0.749. The molecule has 0 bridgehead atoms. The van der Waals surface area contributed by atoms with Gasteiger partial charge in [0.2, 0.25) is 5.91 Å². The minimum absolute atomic E-state index is 0.107. The molecule has 6 nitrogen and oxygen atoms in total. The summed E-state index contributed by atoms with van der Waals surface area (Å²) in [6, 6.07) is 5.00. The zero-order valence-corrected chi connectivity index (χ0v) is 14.4. The van der Waals surface area contributed by atoms with Gasteiger partial charge in [-0.05, 0) is 31.0 Å². The first kappa shape index (κ1) is 18.1. The zero-order valence-electron chi connectivity index (χ0n) is 14.4. The van der Waals surface area contributed by atoms with Gasteiger partial charge in [-0.2, -0.15) is 0 Å². The van der Waals surface area contributed by atoms with E-state index < -0.39 is 0 Å². The topological polar surface area (TPSA) is 76.7 Å². The Morgan fingerprint density at radius 2 is 1.67 bits per heavy atom. The highest BCUT2D eigenvalue weighted by atomic mass is 16.5. The molecule has 0 aliphatic heterocycles. The molecule has 0 saturated heterocycles. The third kappa shape index (κ3) is 4.88. The minimum Gasteiger partial charge on any atom is -0.493 e. The molecule has 2 N–H and O–H groups in total. The molecule has 6 heteroatoms. The van der Waals surface area contributed by atoms with Crippen LogP contribution in [0, 0.1) is 5.92 Å². The highest BCUT2D eigenvalue weighted by Gasteiger charge is 2.20. The third-order valence-electron chi connectivity index (χ3n) is 4.33. The van der Waals surface area contributed by atoms with Crippen molar-refractivity contribution >= 4 is 11.8 Å². The Bertz CT molecular complexity index is 568. The molecule has 24 heavy (non-hydrogen) atoms. The molecule has 2 rings (SSSR count). The molecular formula is C18H26N2O4. The fourth-order valence-electron chi connectivity index (χ4n) is 2.95. The number of amides is 2. The summed E-state index contributed by atoms with van der Waals surface area (Å²) in [6.45, 7) is 0.833. The Balaban J connectivity index is 1.75. The molecule has 1 aromatic rings. The van der Waals surface area contributed by atoms with E-state index in [0.29, 0.717) is 30.2 Å². The average molecular weight is 334 g/mol. The molecule has 1 saturated carbocycles. The summed E-state index contributed by atoms with van der Waals surface area (Å²) in [5.41, 5.74) is 0.492. The predicted octanol–water partition coefficient (Wildman–Crippen LogP) is 2.13. The number of nitrogens with one attached hydrogen (secondary N) is 2. The molecule has 1 aliphatic rings. The Morgan fingerprint density at radius 3 is 2.33 bits per heavy atom. The molecule has 1 aromatic carbocycles. The lowest BCUT2D eigenvalue weighted by Gasteiger charge is -2.20. The first-order valence-corrected chi connectivity index (χ1v) is 8.43. The minimum atomic E-state index is -0.206. The first-order chi connectivity index (χ1) is 11.7. The second-order valence-corrected chi connectivity index (χ2v) is 5.95. The van der Waals surface area contributed by atoms with E-state index in [2.05, 4.69) is 10.6 Å². The largest absolute Gasteiger partial charge is 0.493 e. The van der Waals surface area contributed by atoms with E-state index in [9.17, 15) is 9.59 Å². The van der Waals surface area contributed by atoms with Gasteiger partial charge in [0.15, 0.2) is 11.5 Å². The molecule has 0 aromatic heterocycles. The van der Waals surface area contributed by atoms with Gasteiger partial charge < -0.3 is 20.1 Å². The van der Waals surface area contributed by atoms with Crippen LogP contribution in [0.2, 0.25) is 0 Å². The maximum absolute atomic E-state index is 12.1. The van der Waals surface area contributed by atoms with E-state index in [-0.39, 0.29) is 17.7 Å². The summed E-state index contributed by atoms with van der Waals surface area (Å²) in [5, 5.41) is 5.70. The Hall–Kier alpha value is -2.24. The smallest absolute Gasteiger partial charge is 0.251 e. The van der Waals surface area contributed by atoms with Crippen LogP contribution < -0.4 is 20.1 Å². The maximum Gasteiger partial charge on any atom is 0.251 e. The standard InChI is InChI=1S/C18H26N2O4/c1-23-15-9-8-14(12-16(15)24-2)18(22)20-11-10-19-17(21)13-6-4-3-5-7-13/h8-9,12-13H,3-7,10-11H2,1-2H3,(H,19,21)(H,20,22). The number of rotatable bonds is 7. The number of hydrogen-bond acceptors (Lipinski definition) is 4. The number of hydrogen-bond donors (Lipinski definition) is 2. The van der Waals surface area contributed by atoms with Crippen LogP contribution in [0.15, 0.2) is 18.2 Å². The summed E-state index contributed by atoms with van der Waals surface area (Å²) in [7, 11) is 3.08. The van der Waals surface area contributed by atoms with Crippen LogP contribution in [0.25, 0.3) is 0 Å². The highest BCUT2D eigenvalue weighted by molar-refractivity contribution is 5.94. The summed E-state index contributed by atoms with van der Waals surface area (Å²) in [6.07, 6.45) is 5.45. The van der Waals surface area contributed by atoms with Crippen molar-refractivity contribution in [2.75, 3.05) is 27.3 Å². The molecule has 2 amide bonds. The highest BCUT2D eigenvalue weighted by Crippen LogP contribution is 2.27. The van der Waals surface area contributed by atoms with Crippen LogP contribution in [-0.2, 0) is 4.79 Å². The van der Waals surface area contributed by atoms with E-state index in [1.54, 1.807) is 25.3 Å². The van der Waals surface area contributed by atoms with E-state index >= 15 is 0 Å². The van der Waals surface area contributed by atoms with Crippen molar-refractivity contribution in [3.05, 3.63) is 23.8 Å². The van der Waals surface area contributed by atoms with Crippen molar-refractivity contribution in [2.24, 2.45) is 5.92 Å². The van der Waals surface area contributed by atoms with Gasteiger partial charge in [-0.1, -0.05) is 19.3 Å². The van der Waals surface area contributed by atoms with E-state index in [1.807, 2.05) is 0 Å². The SMILES string of the molecule is COc1ccc(C(=O)NCCNC(=O)C2CCCCC2)cc1OC. The van der Waals surface area contributed by atoms with Crippen molar-refractivity contribution in [1.82, 2.24) is 10.6 Å². The number of carbonyl (C=O) groups excluding carboxylic acids is 2. The second kappa shape index (κ2) is 9.15. The van der Waals surface area contributed by atoms with Crippen molar-refractivity contribution in [2.45, 2.75) is 32.1 Å². The number of methoxy groups -OCH3 is 2. The Kier molecular flexibility index (Phi) is 6.90. The van der Waals surface area contributed by atoms with E-state index in [4.69, 9.17) is 9.47 Å². The normalized spacial score (nSPS) is 14.8. The number of benzene rings is 1. The summed E-state index contributed by atoms with van der Waals surface area (Å²) < 4.78 is 10.3. The third-order valence-corrected chi connectivity index (χ3v) is 4.33. The van der Waals surface area contributed by atoms with Gasteiger partial charge in [-0.15, -0.1) is 0 Å². The van der Waals surface area contributed by atoms with Gasteiger partial charge in [0.25, 0.3) is 5.91 Å². The first-order valence-electron chi connectivity index (χ1n) is 8.43. The van der Waals surface area contributed by atoms with Crippen LogP contribution in [-0.4, -0.2) is 39.1 Å². The fraction of sp³-hybridized carbons (Fsp3) is 0.556. The maximum atomic E-state index is 12.1. The molecule has 132 valence electrons. The molecule has 1 aliphatic carbocycles. The molecule has 0 atom stereocenters. The van der Waals surface area contributed by atoms with Gasteiger partial charge >= 0.3 is 0 Å². The van der Waals surface area contributed by atoms with Crippen LogP contribution in [0.4, 0.5) is 0 Å². The Morgan fingerprint density at radius 1 is 1.00 bits per heavy atom. The van der Waals surface area contributed by atoms with Gasteiger partial charge in [0, 0.05) is 24.6 Å². The molecule has 0 heterocycles. The fourth-order valence-corrected chi connectivity index (χ4v) is 2.95. The lowest BCUT2D eigenvalue weighted by Crippen LogP contribution is -2.38. The molecular weight excluding hydrogens is 308 g/mol. The molecule has 0 radical (unpaired) electrons. The van der Waals surface area contributed by atoms with Crippen LogP contribution >= 0.6 is 0 Å². The molecule has 1 fully saturated rings. The second-order valence-electron chi connectivity index (χ2n) is 5.95. The van der Waals surface area contributed by atoms with Gasteiger partial charge in [0.1, 0.15) is 0 Å². The van der Waals surface area contributed by atoms with E-state index in [1.165, 1.54) is 13.5 Å². The predicted molar refractivity (Wildman–Crippen MR) is 91.5 cm³/mol. The lowest BCUT2D eigenvalue weighted by atomic mass is 9.89. The lowest BCUT2D eigenvalue weighted by molar-refractivity contribution is -0.125.